The highest BCUT2D eigenvalue weighted by atomic mass is 15.2. The Morgan fingerprint density at radius 2 is 2.29 bits per heavy atom. The topological polar surface area (TPSA) is 44.0 Å². The molecule has 1 atom stereocenters. The molecular formula is C13H18N4. The van der Waals surface area contributed by atoms with Gasteiger partial charge in [0.1, 0.15) is 0 Å². The number of benzene rings is 1. The zero-order chi connectivity index (χ0) is 11.7. The fourth-order valence-electron chi connectivity index (χ4n) is 2.46. The first-order valence-electron chi connectivity index (χ1n) is 6.19. The van der Waals surface area contributed by atoms with Gasteiger partial charge in [0, 0.05) is 13.6 Å². The Labute approximate surface area is 101 Å². The van der Waals surface area contributed by atoms with Crippen molar-refractivity contribution in [2.24, 2.45) is 5.92 Å². The number of hydrogen-bond acceptors (Lipinski definition) is 3. The van der Waals surface area contributed by atoms with Gasteiger partial charge in [-0.15, -0.1) is 0 Å². The number of rotatable bonds is 3. The lowest BCUT2D eigenvalue weighted by molar-refractivity contribution is 0.574. The lowest BCUT2D eigenvalue weighted by Crippen LogP contribution is -2.27. The second-order valence-electron chi connectivity index (χ2n) is 4.82. The van der Waals surface area contributed by atoms with Gasteiger partial charge in [0.15, 0.2) is 0 Å². The minimum absolute atomic E-state index is 0.744. The molecule has 90 valence electrons. The molecule has 0 amide bonds. The molecule has 1 aromatic carbocycles. The number of fused-ring (bicyclic) bond motifs is 1. The fraction of sp³-hybridized carbons (Fsp3) is 0.462. The third kappa shape index (κ3) is 2.13. The highest BCUT2D eigenvalue weighted by molar-refractivity contribution is 5.77. The number of imidazole rings is 1. The SMILES string of the molecule is CN(C[C@H]1CCNC1)c1nc2ccccc2[nH]1. The van der Waals surface area contributed by atoms with Crippen LogP contribution in [0, 0.1) is 5.92 Å². The number of nitrogens with one attached hydrogen (secondary N) is 2. The normalized spacial score (nSPS) is 19.9. The smallest absolute Gasteiger partial charge is 0.203 e. The predicted octanol–water partition coefficient (Wildman–Crippen LogP) is 1.61. The first kappa shape index (κ1) is 10.6. The summed E-state index contributed by atoms with van der Waals surface area (Å²) < 4.78 is 0. The molecule has 2 N–H and O–H groups in total. The average molecular weight is 230 g/mol. The van der Waals surface area contributed by atoms with Crippen LogP contribution in [0.3, 0.4) is 0 Å². The third-order valence-electron chi connectivity index (χ3n) is 3.43. The molecule has 0 aliphatic carbocycles. The van der Waals surface area contributed by atoms with Crippen LogP contribution in [0.4, 0.5) is 5.95 Å². The van der Waals surface area contributed by atoms with E-state index in [0.717, 1.165) is 42.5 Å². The quantitative estimate of drug-likeness (QED) is 0.842. The Morgan fingerprint density at radius 1 is 1.41 bits per heavy atom. The maximum atomic E-state index is 4.60. The van der Waals surface area contributed by atoms with E-state index < -0.39 is 0 Å². The van der Waals surface area contributed by atoms with Gasteiger partial charge in [0.2, 0.25) is 5.95 Å². The zero-order valence-electron chi connectivity index (χ0n) is 10.1. The number of para-hydroxylation sites is 2. The van der Waals surface area contributed by atoms with Crippen molar-refractivity contribution in [1.29, 1.82) is 0 Å². The molecule has 1 saturated heterocycles. The molecule has 1 aliphatic heterocycles. The molecule has 4 heteroatoms. The van der Waals surface area contributed by atoms with E-state index in [-0.39, 0.29) is 0 Å². The molecule has 0 saturated carbocycles. The van der Waals surface area contributed by atoms with E-state index >= 15 is 0 Å². The highest BCUT2D eigenvalue weighted by Gasteiger charge is 2.17. The van der Waals surface area contributed by atoms with E-state index in [1.807, 2.05) is 18.2 Å². The maximum Gasteiger partial charge on any atom is 0.203 e. The molecule has 3 rings (SSSR count). The summed E-state index contributed by atoms with van der Waals surface area (Å²) in [6.07, 6.45) is 1.27. The molecule has 2 aromatic rings. The molecule has 17 heavy (non-hydrogen) atoms. The number of aromatic nitrogens is 2. The first-order chi connectivity index (χ1) is 8.33. The third-order valence-corrected chi connectivity index (χ3v) is 3.43. The van der Waals surface area contributed by atoms with Crippen LogP contribution in [0.25, 0.3) is 11.0 Å². The van der Waals surface area contributed by atoms with Crippen LogP contribution < -0.4 is 10.2 Å². The monoisotopic (exact) mass is 230 g/mol. The predicted molar refractivity (Wildman–Crippen MR) is 70.3 cm³/mol. The van der Waals surface area contributed by atoms with Crippen molar-refractivity contribution in [3.05, 3.63) is 24.3 Å². The van der Waals surface area contributed by atoms with Gasteiger partial charge in [-0.2, -0.15) is 0 Å². The van der Waals surface area contributed by atoms with Crippen LogP contribution in [0.2, 0.25) is 0 Å². The Hall–Kier alpha value is -1.55. The molecule has 1 aliphatic rings. The number of nitrogens with zero attached hydrogens (tertiary/aromatic N) is 2. The van der Waals surface area contributed by atoms with Crippen molar-refractivity contribution in [3.8, 4) is 0 Å². The second-order valence-corrected chi connectivity index (χ2v) is 4.82. The fourth-order valence-corrected chi connectivity index (χ4v) is 2.46. The molecule has 0 bridgehead atoms. The average Bonchev–Trinajstić information content (AvgIpc) is 2.96. The summed E-state index contributed by atoms with van der Waals surface area (Å²) in [4.78, 5) is 10.2. The molecule has 0 radical (unpaired) electrons. The molecule has 2 heterocycles. The van der Waals surface area contributed by atoms with Gasteiger partial charge in [-0.1, -0.05) is 12.1 Å². The standard InChI is InChI=1S/C13H18N4/c1-17(9-10-6-7-14-8-10)13-15-11-4-2-3-5-12(11)16-13/h2-5,10,14H,6-9H2,1H3,(H,15,16)/t10-/m0/s1. The first-order valence-corrected chi connectivity index (χ1v) is 6.19. The van der Waals surface area contributed by atoms with Gasteiger partial charge in [-0.05, 0) is 37.6 Å². The molecule has 4 nitrogen and oxygen atoms in total. The lowest BCUT2D eigenvalue weighted by Gasteiger charge is -2.19. The van der Waals surface area contributed by atoms with Crippen molar-refractivity contribution < 1.29 is 0 Å². The number of hydrogen-bond donors (Lipinski definition) is 2. The largest absolute Gasteiger partial charge is 0.345 e. The van der Waals surface area contributed by atoms with Gasteiger partial charge >= 0.3 is 0 Å². The molecular weight excluding hydrogens is 212 g/mol. The summed E-state index contributed by atoms with van der Waals surface area (Å²) in [7, 11) is 2.11. The summed E-state index contributed by atoms with van der Waals surface area (Å²) in [6.45, 7) is 3.34. The van der Waals surface area contributed by atoms with Crippen molar-refractivity contribution in [2.45, 2.75) is 6.42 Å². The second kappa shape index (κ2) is 4.37. The van der Waals surface area contributed by atoms with E-state index in [2.05, 4.69) is 33.3 Å². The minimum atomic E-state index is 0.744. The maximum absolute atomic E-state index is 4.60. The van der Waals surface area contributed by atoms with E-state index in [1.165, 1.54) is 6.42 Å². The number of anilines is 1. The molecule has 1 aromatic heterocycles. The van der Waals surface area contributed by atoms with Crippen LogP contribution in [0.1, 0.15) is 6.42 Å². The van der Waals surface area contributed by atoms with Crippen molar-refractivity contribution >= 4 is 17.0 Å². The summed E-state index contributed by atoms with van der Waals surface area (Å²) in [5.74, 6) is 1.71. The molecule has 0 spiro atoms. The van der Waals surface area contributed by atoms with Crippen molar-refractivity contribution in [2.75, 3.05) is 31.6 Å². The summed E-state index contributed by atoms with van der Waals surface area (Å²) >= 11 is 0. The lowest BCUT2D eigenvalue weighted by atomic mass is 10.1. The summed E-state index contributed by atoms with van der Waals surface area (Å²) in [5.41, 5.74) is 2.15. The van der Waals surface area contributed by atoms with Gasteiger partial charge < -0.3 is 15.2 Å². The summed E-state index contributed by atoms with van der Waals surface area (Å²) in [6, 6.07) is 8.16. The van der Waals surface area contributed by atoms with E-state index in [0.29, 0.717) is 0 Å². The minimum Gasteiger partial charge on any atom is -0.345 e. The van der Waals surface area contributed by atoms with Crippen molar-refractivity contribution in [3.63, 3.8) is 0 Å². The Bertz CT molecular complexity index is 466. The van der Waals surface area contributed by atoms with E-state index in [4.69, 9.17) is 0 Å². The van der Waals surface area contributed by atoms with Crippen LogP contribution in [0.15, 0.2) is 24.3 Å². The van der Waals surface area contributed by atoms with Gasteiger partial charge in [-0.3, -0.25) is 0 Å². The number of H-pyrrole nitrogens is 1. The molecule has 0 unspecified atom stereocenters. The van der Waals surface area contributed by atoms with Gasteiger partial charge in [0.05, 0.1) is 11.0 Å². The van der Waals surface area contributed by atoms with Crippen LogP contribution >= 0.6 is 0 Å². The summed E-state index contributed by atoms with van der Waals surface area (Å²) in [5, 5.41) is 3.40. The Kier molecular flexibility index (Phi) is 2.73. The highest BCUT2D eigenvalue weighted by Crippen LogP contribution is 2.18. The van der Waals surface area contributed by atoms with Crippen LogP contribution in [-0.2, 0) is 0 Å². The van der Waals surface area contributed by atoms with Crippen LogP contribution in [0.5, 0.6) is 0 Å². The van der Waals surface area contributed by atoms with E-state index in [1.54, 1.807) is 0 Å². The number of aromatic amines is 1. The van der Waals surface area contributed by atoms with Gasteiger partial charge in [-0.25, -0.2) is 4.98 Å². The van der Waals surface area contributed by atoms with Gasteiger partial charge in [0.25, 0.3) is 0 Å². The molecule has 1 fully saturated rings. The van der Waals surface area contributed by atoms with E-state index in [9.17, 15) is 0 Å². The Morgan fingerprint density at radius 3 is 3.06 bits per heavy atom. The Balaban J connectivity index is 1.77. The zero-order valence-corrected chi connectivity index (χ0v) is 10.1. The van der Waals surface area contributed by atoms with Crippen molar-refractivity contribution in [1.82, 2.24) is 15.3 Å². The van der Waals surface area contributed by atoms with Crippen LogP contribution in [-0.4, -0.2) is 36.6 Å².